The zero-order chi connectivity index (χ0) is 23.5. The number of rotatable bonds is 6. The fourth-order valence-corrected chi connectivity index (χ4v) is 4.37. The van der Waals surface area contributed by atoms with Crippen molar-refractivity contribution in [2.75, 3.05) is 46.5 Å². The maximum Gasteiger partial charge on any atom is 0.295 e. The number of morpholine rings is 1. The van der Waals surface area contributed by atoms with Gasteiger partial charge in [-0.2, -0.15) is 0 Å². The van der Waals surface area contributed by atoms with Crippen molar-refractivity contribution in [3.05, 3.63) is 64.7 Å². The number of likely N-dealkylation sites (tertiary alicyclic amines) is 1. The van der Waals surface area contributed by atoms with Crippen LogP contribution < -0.4 is 4.74 Å². The van der Waals surface area contributed by atoms with E-state index in [-0.39, 0.29) is 17.1 Å². The molecule has 8 heteroatoms. The lowest BCUT2D eigenvalue weighted by Crippen LogP contribution is -2.42. The third-order valence-corrected chi connectivity index (χ3v) is 6.18. The number of phenols is 1. The normalized spacial score (nSPS) is 20.9. The summed E-state index contributed by atoms with van der Waals surface area (Å²) in [5, 5.41) is 20.9. The lowest BCUT2D eigenvalue weighted by Gasteiger charge is -2.31. The minimum absolute atomic E-state index is 0.0391. The van der Waals surface area contributed by atoms with Crippen molar-refractivity contribution in [2.24, 2.45) is 0 Å². The third-order valence-electron chi connectivity index (χ3n) is 6.18. The Hall–Kier alpha value is -3.36. The van der Waals surface area contributed by atoms with E-state index in [2.05, 4.69) is 4.90 Å². The van der Waals surface area contributed by atoms with Gasteiger partial charge in [0.2, 0.25) is 0 Å². The Labute approximate surface area is 192 Å². The summed E-state index contributed by atoms with van der Waals surface area (Å²) in [6.45, 7) is 5.56. The van der Waals surface area contributed by atoms with E-state index in [4.69, 9.17) is 9.47 Å². The van der Waals surface area contributed by atoms with E-state index in [0.29, 0.717) is 43.2 Å². The molecule has 4 rings (SSSR count). The molecule has 2 saturated heterocycles. The van der Waals surface area contributed by atoms with E-state index < -0.39 is 17.7 Å². The first-order valence-corrected chi connectivity index (χ1v) is 10.9. The number of ether oxygens (including phenoxy) is 2. The standard InChI is InChI=1S/C25H28N2O6/c1-16-15-18(5-8-20(16)32-2)23(29)21-22(17-3-6-19(28)7-4-17)27(25(31)24(21)30)10-9-26-11-13-33-14-12-26/h3-8,15,22,28-29H,9-14H2,1-2H3/b23-21-. The number of hydrogen-bond donors (Lipinski definition) is 2. The van der Waals surface area contributed by atoms with Gasteiger partial charge in [-0.05, 0) is 48.4 Å². The molecular weight excluding hydrogens is 424 g/mol. The molecule has 0 spiro atoms. The largest absolute Gasteiger partial charge is 0.508 e. The lowest BCUT2D eigenvalue weighted by molar-refractivity contribution is -0.140. The summed E-state index contributed by atoms with van der Waals surface area (Å²) in [6.07, 6.45) is 0. The maximum atomic E-state index is 13.1. The Morgan fingerprint density at radius 2 is 1.79 bits per heavy atom. The van der Waals surface area contributed by atoms with Crippen LogP contribution in [0.2, 0.25) is 0 Å². The van der Waals surface area contributed by atoms with Gasteiger partial charge < -0.3 is 24.6 Å². The first-order valence-electron chi connectivity index (χ1n) is 10.9. The number of aliphatic hydroxyl groups excluding tert-OH is 1. The summed E-state index contributed by atoms with van der Waals surface area (Å²) in [4.78, 5) is 29.9. The van der Waals surface area contributed by atoms with Crippen LogP contribution in [0.3, 0.4) is 0 Å². The Bertz CT molecular complexity index is 1070. The molecule has 8 nitrogen and oxygen atoms in total. The fourth-order valence-electron chi connectivity index (χ4n) is 4.37. The predicted molar refractivity (Wildman–Crippen MR) is 122 cm³/mol. The molecule has 0 aromatic heterocycles. The second kappa shape index (κ2) is 9.64. The molecule has 0 saturated carbocycles. The fraction of sp³-hybridized carbons (Fsp3) is 0.360. The average molecular weight is 453 g/mol. The molecule has 2 aromatic rings. The SMILES string of the molecule is COc1ccc(/C(O)=C2/C(=O)C(=O)N(CCN3CCOCC3)C2c2ccc(O)cc2)cc1C. The van der Waals surface area contributed by atoms with Gasteiger partial charge in [-0.3, -0.25) is 14.5 Å². The molecule has 1 amide bonds. The van der Waals surface area contributed by atoms with Gasteiger partial charge in [0.1, 0.15) is 17.3 Å². The summed E-state index contributed by atoms with van der Waals surface area (Å²) in [5.74, 6) is -0.859. The minimum Gasteiger partial charge on any atom is -0.508 e. The molecule has 0 bridgehead atoms. The van der Waals surface area contributed by atoms with Gasteiger partial charge in [0, 0.05) is 31.7 Å². The van der Waals surface area contributed by atoms with Crippen molar-refractivity contribution in [3.63, 3.8) is 0 Å². The highest BCUT2D eigenvalue weighted by Crippen LogP contribution is 2.40. The van der Waals surface area contributed by atoms with E-state index >= 15 is 0 Å². The van der Waals surface area contributed by atoms with Crippen LogP contribution in [0.25, 0.3) is 5.76 Å². The van der Waals surface area contributed by atoms with E-state index in [0.717, 1.165) is 18.7 Å². The number of ketones is 1. The number of carbonyl (C=O) groups excluding carboxylic acids is 2. The van der Waals surface area contributed by atoms with E-state index in [9.17, 15) is 19.8 Å². The van der Waals surface area contributed by atoms with Crippen LogP contribution >= 0.6 is 0 Å². The Morgan fingerprint density at radius 3 is 2.42 bits per heavy atom. The molecule has 2 heterocycles. The number of phenolic OH excluding ortho intramolecular Hbond substituents is 1. The topological polar surface area (TPSA) is 99.5 Å². The molecule has 2 aromatic carbocycles. The summed E-state index contributed by atoms with van der Waals surface area (Å²) in [7, 11) is 1.56. The highest BCUT2D eigenvalue weighted by molar-refractivity contribution is 6.46. The number of methoxy groups -OCH3 is 1. The number of amides is 1. The summed E-state index contributed by atoms with van der Waals surface area (Å²) in [6, 6.07) is 10.7. The van der Waals surface area contributed by atoms with Crippen molar-refractivity contribution in [3.8, 4) is 11.5 Å². The van der Waals surface area contributed by atoms with Crippen LogP contribution in [0.4, 0.5) is 0 Å². The maximum absolute atomic E-state index is 13.1. The number of aromatic hydroxyl groups is 1. The van der Waals surface area contributed by atoms with Gasteiger partial charge in [0.15, 0.2) is 0 Å². The molecule has 1 atom stereocenters. The van der Waals surface area contributed by atoms with Crippen LogP contribution in [-0.4, -0.2) is 78.2 Å². The van der Waals surface area contributed by atoms with Gasteiger partial charge >= 0.3 is 0 Å². The molecule has 0 aliphatic carbocycles. The zero-order valence-corrected chi connectivity index (χ0v) is 18.8. The number of hydrogen-bond acceptors (Lipinski definition) is 7. The Morgan fingerprint density at radius 1 is 1.09 bits per heavy atom. The predicted octanol–water partition coefficient (Wildman–Crippen LogP) is 2.46. The quantitative estimate of drug-likeness (QED) is 0.395. The van der Waals surface area contributed by atoms with Crippen molar-refractivity contribution in [2.45, 2.75) is 13.0 Å². The number of aryl methyl sites for hydroxylation is 1. The van der Waals surface area contributed by atoms with Gasteiger partial charge in [-0.25, -0.2) is 0 Å². The zero-order valence-electron chi connectivity index (χ0n) is 18.8. The second-order valence-corrected chi connectivity index (χ2v) is 8.22. The van der Waals surface area contributed by atoms with Crippen LogP contribution in [0.5, 0.6) is 11.5 Å². The Kier molecular flexibility index (Phi) is 6.67. The number of carbonyl (C=O) groups is 2. The molecule has 2 fully saturated rings. The van der Waals surface area contributed by atoms with E-state index in [1.165, 1.54) is 17.0 Å². The molecule has 2 N–H and O–H groups in total. The number of aliphatic hydroxyl groups is 1. The lowest BCUT2D eigenvalue weighted by atomic mass is 9.94. The highest BCUT2D eigenvalue weighted by atomic mass is 16.5. The number of benzene rings is 2. The van der Waals surface area contributed by atoms with Crippen LogP contribution in [0.15, 0.2) is 48.0 Å². The molecular formula is C25H28N2O6. The molecule has 1 unspecified atom stereocenters. The van der Waals surface area contributed by atoms with Gasteiger partial charge in [0.05, 0.1) is 31.9 Å². The summed E-state index contributed by atoms with van der Waals surface area (Å²) >= 11 is 0. The molecule has 2 aliphatic rings. The van der Waals surface area contributed by atoms with E-state index in [1.807, 2.05) is 6.92 Å². The molecule has 174 valence electrons. The number of Topliss-reactive ketones (excluding diaryl/α,β-unsaturated/α-hetero) is 1. The molecule has 2 aliphatic heterocycles. The second-order valence-electron chi connectivity index (χ2n) is 8.22. The van der Waals surface area contributed by atoms with Crippen LogP contribution in [0, 0.1) is 6.92 Å². The minimum atomic E-state index is -0.756. The Balaban J connectivity index is 1.74. The summed E-state index contributed by atoms with van der Waals surface area (Å²) in [5.41, 5.74) is 1.91. The van der Waals surface area contributed by atoms with Crippen LogP contribution in [-0.2, 0) is 14.3 Å². The third kappa shape index (κ3) is 4.58. The van der Waals surface area contributed by atoms with Crippen molar-refractivity contribution >= 4 is 17.4 Å². The van der Waals surface area contributed by atoms with Gasteiger partial charge in [-0.15, -0.1) is 0 Å². The average Bonchev–Trinajstić information content (AvgIpc) is 3.08. The smallest absolute Gasteiger partial charge is 0.295 e. The monoisotopic (exact) mass is 452 g/mol. The first-order chi connectivity index (χ1) is 15.9. The highest BCUT2D eigenvalue weighted by Gasteiger charge is 2.46. The first kappa shape index (κ1) is 22.8. The van der Waals surface area contributed by atoms with Crippen LogP contribution in [0.1, 0.15) is 22.7 Å². The number of nitrogens with zero attached hydrogens (tertiary/aromatic N) is 2. The van der Waals surface area contributed by atoms with Gasteiger partial charge in [0.25, 0.3) is 11.7 Å². The van der Waals surface area contributed by atoms with Crippen molar-refractivity contribution in [1.82, 2.24) is 9.80 Å². The van der Waals surface area contributed by atoms with Crippen molar-refractivity contribution in [1.29, 1.82) is 0 Å². The van der Waals surface area contributed by atoms with Crippen molar-refractivity contribution < 1.29 is 29.3 Å². The molecule has 33 heavy (non-hydrogen) atoms. The van der Waals surface area contributed by atoms with E-state index in [1.54, 1.807) is 37.4 Å². The summed E-state index contributed by atoms with van der Waals surface area (Å²) < 4.78 is 10.7. The van der Waals surface area contributed by atoms with Gasteiger partial charge in [-0.1, -0.05) is 12.1 Å². The molecule has 0 radical (unpaired) electrons.